The van der Waals surface area contributed by atoms with Gasteiger partial charge in [0.2, 0.25) is 0 Å². The molecule has 1 aliphatic carbocycles. The first-order chi connectivity index (χ1) is 11.3. The first-order valence-electron chi connectivity index (χ1n) is 8.69. The van der Waals surface area contributed by atoms with E-state index in [-0.39, 0.29) is 0 Å². The number of fused-ring (bicyclic) bond motifs is 1. The zero-order chi connectivity index (χ0) is 15.6. The van der Waals surface area contributed by atoms with Gasteiger partial charge in [-0.3, -0.25) is 9.88 Å². The smallest absolute Gasteiger partial charge is 0.123 e. The van der Waals surface area contributed by atoms with E-state index in [0.29, 0.717) is 6.04 Å². The van der Waals surface area contributed by atoms with Crippen molar-refractivity contribution >= 4 is 0 Å². The van der Waals surface area contributed by atoms with Crippen LogP contribution in [0.4, 0.5) is 0 Å². The molecule has 1 saturated heterocycles. The minimum Gasteiger partial charge on any atom is -0.496 e. The van der Waals surface area contributed by atoms with E-state index in [1.165, 1.54) is 54.5 Å². The van der Waals surface area contributed by atoms with E-state index in [4.69, 9.17) is 4.74 Å². The molecule has 23 heavy (non-hydrogen) atoms. The summed E-state index contributed by atoms with van der Waals surface area (Å²) in [4.78, 5) is 7.14. The van der Waals surface area contributed by atoms with Crippen LogP contribution >= 0.6 is 0 Å². The third-order valence-electron chi connectivity index (χ3n) is 5.26. The maximum Gasteiger partial charge on any atom is 0.123 e. The molecule has 2 aliphatic rings. The van der Waals surface area contributed by atoms with Crippen LogP contribution in [0.25, 0.3) is 0 Å². The summed E-state index contributed by atoms with van der Waals surface area (Å²) in [5.74, 6) is 1.05. The second kappa shape index (κ2) is 6.32. The van der Waals surface area contributed by atoms with Crippen LogP contribution in [0.5, 0.6) is 5.75 Å². The molecule has 0 saturated carbocycles. The first-order valence-corrected chi connectivity index (χ1v) is 8.69. The minimum atomic E-state index is 0.439. The Hall–Kier alpha value is -1.87. The van der Waals surface area contributed by atoms with Crippen molar-refractivity contribution in [2.75, 3.05) is 13.7 Å². The Kier molecular flexibility index (Phi) is 4.04. The first kappa shape index (κ1) is 14.7. The Labute approximate surface area is 138 Å². The summed E-state index contributed by atoms with van der Waals surface area (Å²) < 4.78 is 5.68. The second-order valence-corrected chi connectivity index (χ2v) is 6.67. The number of pyridine rings is 1. The Bertz CT molecular complexity index is 684. The maximum atomic E-state index is 5.68. The van der Waals surface area contributed by atoms with Crippen molar-refractivity contribution in [2.24, 2.45) is 0 Å². The van der Waals surface area contributed by atoms with Crippen LogP contribution < -0.4 is 4.74 Å². The highest BCUT2D eigenvalue weighted by Gasteiger charge is 2.28. The second-order valence-electron chi connectivity index (χ2n) is 6.67. The number of likely N-dealkylation sites (tertiary alicyclic amines) is 1. The van der Waals surface area contributed by atoms with Crippen molar-refractivity contribution in [3.05, 3.63) is 58.9 Å². The van der Waals surface area contributed by atoms with E-state index in [0.717, 1.165) is 18.8 Å². The molecule has 3 nitrogen and oxygen atoms in total. The summed E-state index contributed by atoms with van der Waals surface area (Å²) >= 11 is 0. The number of hydrogen-bond donors (Lipinski definition) is 0. The summed E-state index contributed by atoms with van der Waals surface area (Å²) in [6.07, 6.45) is 8.05. The summed E-state index contributed by atoms with van der Waals surface area (Å²) in [7, 11) is 1.79. The van der Waals surface area contributed by atoms with Crippen molar-refractivity contribution in [1.82, 2.24) is 9.88 Å². The average Bonchev–Trinajstić information content (AvgIpc) is 3.23. The third-order valence-corrected chi connectivity index (χ3v) is 5.26. The van der Waals surface area contributed by atoms with Gasteiger partial charge >= 0.3 is 0 Å². The van der Waals surface area contributed by atoms with Gasteiger partial charge in [0.15, 0.2) is 0 Å². The van der Waals surface area contributed by atoms with Gasteiger partial charge in [-0.15, -0.1) is 0 Å². The zero-order valence-electron chi connectivity index (χ0n) is 13.8. The number of aromatic nitrogens is 1. The molecule has 0 radical (unpaired) electrons. The Morgan fingerprint density at radius 2 is 2.04 bits per heavy atom. The molecule has 3 heteroatoms. The van der Waals surface area contributed by atoms with Crippen LogP contribution in [-0.2, 0) is 19.4 Å². The Morgan fingerprint density at radius 3 is 2.83 bits per heavy atom. The highest BCUT2D eigenvalue weighted by atomic mass is 16.5. The quantitative estimate of drug-likeness (QED) is 0.856. The molecule has 1 aromatic carbocycles. The van der Waals surface area contributed by atoms with Gasteiger partial charge in [-0.2, -0.15) is 0 Å². The van der Waals surface area contributed by atoms with E-state index in [1.54, 1.807) is 7.11 Å². The number of aryl methyl sites for hydroxylation is 2. The Morgan fingerprint density at radius 1 is 1.17 bits per heavy atom. The molecule has 0 unspecified atom stereocenters. The molecule has 1 atom stereocenters. The minimum absolute atomic E-state index is 0.439. The standard InChI is InChI=1S/C20H24N2O/c1-23-20-13-16-7-4-6-15(16)12-17(20)14-22-11-5-9-19(22)18-8-2-3-10-21-18/h2-3,8,10,12-13,19H,4-7,9,11,14H2,1H3/t19-/m0/s1. The van der Waals surface area contributed by atoms with E-state index >= 15 is 0 Å². The van der Waals surface area contributed by atoms with E-state index in [9.17, 15) is 0 Å². The predicted octanol–water partition coefficient (Wildman–Crippen LogP) is 3.92. The molecule has 1 aromatic heterocycles. The lowest BCUT2D eigenvalue weighted by Gasteiger charge is -2.25. The van der Waals surface area contributed by atoms with Gasteiger partial charge in [0.1, 0.15) is 5.75 Å². The molecule has 1 fully saturated rings. The molecule has 0 amide bonds. The fourth-order valence-electron chi connectivity index (χ4n) is 4.11. The summed E-state index contributed by atoms with van der Waals surface area (Å²) in [6, 6.07) is 11.3. The van der Waals surface area contributed by atoms with Gasteiger partial charge in [-0.05, 0) is 68.0 Å². The van der Waals surface area contributed by atoms with Gasteiger partial charge < -0.3 is 4.74 Å². The zero-order valence-corrected chi connectivity index (χ0v) is 13.8. The number of methoxy groups -OCH3 is 1. The maximum absolute atomic E-state index is 5.68. The van der Waals surface area contributed by atoms with Gasteiger partial charge in [0.25, 0.3) is 0 Å². The van der Waals surface area contributed by atoms with Gasteiger partial charge in [0, 0.05) is 18.3 Å². The monoisotopic (exact) mass is 308 g/mol. The predicted molar refractivity (Wildman–Crippen MR) is 91.6 cm³/mol. The van der Waals surface area contributed by atoms with Crippen LogP contribution in [0.1, 0.15) is 47.7 Å². The van der Waals surface area contributed by atoms with Crippen molar-refractivity contribution in [1.29, 1.82) is 0 Å². The van der Waals surface area contributed by atoms with Crippen molar-refractivity contribution in [3.63, 3.8) is 0 Å². The molecule has 120 valence electrons. The molecule has 2 aromatic rings. The van der Waals surface area contributed by atoms with E-state index < -0.39 is 0 Å². The highest BCUT2D eigenvalue weighted by molar-refractivity contribution is 5.45. The van der Waals surface area contributed by atoms with Crippen molar-refractivity contribution in [2.45, 2.75) is 44.7 Å². The number of ether oxygens (including phenoxy) is 1. The van der Waals surface area contributed by atoms with Crippen LogP contribution in [0, 0.1) is 0 Å². The van der Waals surface area contributed by atoms with Gasteiger partial charge in [-0.1, -0.05) is 12.1 Å². The Balaban J connectivity index is 1.60. The van der Waals surface area contributed by atoms with Gasteiger partial charge in [-0.25, -0.2) is 0 Å². The largest absolute Gasteiger partial charge is 0.496 e. The lowest BCUT2D eigenvalue weighted by Crippen LogP contribution is -2.23. The molecule has 1 aliphatic heterocycles. The van der Waals surface area contributed by atoms with Gasteiger partial charge in [0.05, 0.1) is 18.8 Å². The van der Waals surface area contributed by atoms with Crippen LogP contribution in [0.3, 0.4) is 0 Å². The topological polar surface area (TPSA) is 25.4 Å². The fraction of sp³-hybridized carbons (Fsp3) is 0.450. The molecular formula is C20H24N2O. The molecular weight excluding hydrogens is 284 g/mol. The average molecular weight is 308 g/mol. The lowest BCUT2D eigenvalue weighted by molar-refractivity contribution is 0.240. The summed E-state index contributed by atoms with van der Waals surface area (Å²) in [5, 5.41) is 0. The fourth-order valence-corrected chi connectivity index (χ4v) is 4.11. The summed E-state index contributed by atoms with van der Waals surface area (Å²) in [6.45, 7) is 2.10. The van der Waals surface area contributed by atoms with Crippen LogP contribution in [0.2, 0.25) is 0 Å². The highest BCUT2D eigenvalue weighted by Crippen LogP contribution is 2.35. The number of nitrogens with zero attached hydrogens (tertiary/aromatic N) is 2. The van der Waals surface area contributed by atoms with Crippen LogP contribution in [-0.4, -0.2) is 23.5 Å². The summed E-state index contributed by atoms with van der Waals surface area (Å²) in [5.41, 5.74) is 5.53. The van der Waals surface area contributed by atoms with E-state index in [1.807, 2.05) is 12.3 Å². The molecule has 2 heterocycles. The molecule has 0 spiro atoms. The SMILES string of the molecule is COc1cc2c(cc1CN1CCC[C@H]1c1ccccn1)CCC2. The number of benzene rings is 1. The van der Waals surface area contributed by atoms with E-state index in [2.05, 4.69) is 34.1 Å². The van der Waals surface area contributed by atoms with Crippen molar-refractivity contribution in [3.8, 4) is 5.75 Å². The lowest BCUT2D eigenvalue weighted by atomic mass is 10.0. The number of hydrogen-bond acceptors (Lipinski definition) is 3. The third kappa shape index (κ3) is 2.86. The molecule has 0 N–H and O–H groups in total. The normalized spacial score (nSPS) is 20.7. The van der Waals surface area contributed by atoms with Crippen molar-refractivity contribution < 1.29 is 4.74 Å². The van der Waals surface area contributed by atoms with Crippen LogP contribution in [0.15, 0.2) is 36.5 Å². The number of rotatable bonds is 4. The molecule has 4 rings (SSSR count). The molecule has 0 bridgehead atoms.